The molecule has 0 spiro atoms. The fourth-order valence-corrected chi connectivity index (χ4v) is 3.70. The molecule has 0 aliphatic heterocycles. The Hall–Kier alpha value is -4.70. The Kier molecular flexibility index (Phi) is 11.2. The zero-order valence-electron chi connectivity index (χ0n) is 22.1. The Morgan fingerprint density at radius 3 is 2.00 bits per heavy atom. The molecule has 0 aliphatic rings. The van der Waals surface area contributed by atoms with Gasteiger partial charge >= 0.3 is 6.36 Å². The molecule has 0 saturated carbocycles. The van der Waals surface area contributed by atoms with Crippen LogP contribution >= 0.6 is 0 Å². The number of ether oxygens (including phenoxy) is 1. The van der Waals surface area contributed by atoms with E-state index < -0.39 is 36.9 Å². The van der Waals surface area contributed by atoms with Gasteiger partial charge in [-0.1, -0.05) is 24.0 Å². The van der Waals surface area contributed by atoms with Crippen molar-refractivity contribution in [3.05, 3.63) is 95.1 Å². The predicted molar refractivity (Wildman–Crippen MR) is 147 cm³/mol. The second-order valence-corrected chi connectivity index (χ2v) is 9.06. The summed E-state index contributed by atoms with van der Waals surface area (Å²) in [6.07, 6.45) is -5.16. The number of halogens is 3. The van der Waals surface area contributed by atoms with Crippen molar-refractivity contribution in [2.45, 2.75) is 37.9 Å². The van der Waals surface area contributed by atoms with Gasteiger partial charge in [0.1, 0.15) is 24.6 Å². The van der Waals surface area contributed by atoms with Gasteiger partial charge in [-0.05, 0) is 79.1 Å². The van der Waals surface area contributed by atoms with E-state index in [9.17, 15) is 32.7 Å². The summed E-state index contributed by atoms with van der Waals surface area (Å²) in [7, 11) is 0. The van der Waals surface area contributed by atoms with Crippen LogP contribution in [-0.4, -0.2) is 53.0 Å². The summed E-state index contributed by atoms with van der Waals surface area (Å²) in [5.74, 6) is 3.94. The van der Waals surface area contributed by atoms with E-state index in [2.05, 4.69) is 27.2 Å². The van der Waals surface area contributed by atoms with Crippen molar-refractivity contribution < 1.29 is 42.5 Å². The molecule has 42 heavy (non-hydrogen) atoms. The lowest BCUT2D eigenvalue weighted by molar-refractivity contribution is -0.274. The number of rotatable bonds is 11. The molecule has 220 valence electrons. The Balaban J connectivity index is 1.46. The quantitative estimate of drug-likeness (QED) is 0.172. The van der Waals surface area contributed by atoms with Crippen molar-refractivity contribution in [3.8, 4) is 17.6 Å². The van der Waals surface area contributed by atoms with Crippen LogP contribution in [0.15, 0.2) is 72.8 Å². The molecule has 0 fully saturated rings. The molecule has 0 aliphatic carbocycles. The maximum Gasteiger partial charge on any atom is 0.573 e. The molecule has 0 radical (unpaired) electrons. The highest BCUT2D eigenvalue weighted by Crippen LogP contribution is 2.23. The first-order valence-corrected chi connectivity index (χ1v) is 12.7. The third-order valence-corrected chi connectivity index (χ3v) is 5.82. The van der Waals surface area contributed by atoms with Gasteiger partial charge in [-0.2, -0.15) is 0 Å². The van der Waals surface area contributed by atoms with Gasteiger partial charge in [0, 0.05) is 28.8 Å². The summed E-state index contributed by atoms with van der Waals surface area (Å²) >= 11 is 0. The Morgan fingerprint density at radius 2 is 1.48 bits per heavy atom. The molecule has 0 unspecified atom stereocenters. The highest BCUT2D eigenvalue weighted by atomic mass is 19.4. The fourth-order valence-electron chi connectivity index (χ4n) is 3.70. The van der Waals surface area contributed by atoms with E-state index in [0.717, 1.165) is 5.56 Å². The van der Waals surface area contributed by atoms with E-state index in [0.29, 0.717) is 29.7 Å². The molecule has 12 heteroatoms. The van der Waals surface area contributed by atoms with Crippen molar-refractivity contribution >= 4 is 23.3 Å². The van der Waals surface area contributed by atoms with Gasteiger partial charge in [0.2, 0.25) is 5.91 Å². The van der Waals surface area contributed by atoms with Gasteiger partial charge in [-0.15, -0.1) is 13.2 Å². The van der Waals surface area contributed by atoms with Crippen molar-refractivity contribution in [2.75, 3.05) is 11.9 Å². The minimum absolute atomic E-state index is 0.200. The lowest BCUT2D eigenvalue weighted by atomic mass is 10.1. The van der Waals surface area contributed by atoms with Crippen LogP contribution in [0, 0.1) is 11.8 Å². The molecule has 0 heterocycles. The third kappa shape index (κ3) is 10.4. The number of alkyl halides is 3. The van der Waals surface area contributed by atoms with Gasteiger partial charge in [0.05, 0.1) is 0 Å². The highest BCUT2D eigenvalue weighted by molar-refractivity contribution is 5.98. The van der Waals surface area contributed by atoms with Crippen LogP contribution in [0.1, 0.15) is 39.9 Å². The normalized spacial score (nSPS) is 12.3. The number of nitrogens with two attached hydrogens (primary N) is 1. The number of amides is 2. The number of ketones is 1. The van der Waals surface area contributed by atoms with Crippen LogP contribution in [0.4, 0.5) is 18.9 Å². The molecule has 2 amide bonds. The molecular formula is C30H28F3N3O6. The summed E-state index contributed by atoms with van der Waals surface area (Å²) in [4.78, 5) is 36.2. The van der Waals surface area contributed by atoms with Crippen LogP contribution in [0.3, 0.4) is 0 Å². The van der Waals surface area contributed by atoms with Crippen LogP contribution in [-0.2, 0) is 16.0 Å². The van der Waals surface area contributed by atoms with E-state index in [1.165, 1.54) is 36.4 Å². The number of nitrogens with one attached hydrogen (secondary N) is 2. The Labute approximate surface area is 239 Å². The van der Waals surface area contributed by atoms with Crippen LogP contribution < -0.4 is 21.1 Å². The van der Waals surface area contributed by atoms with E-state index in [4.69, 9.17) is 10.8 Å². The summed E-state index contributed by atoms with van der Waals surface area (Å²) in [6.45, 7) is -0.880. The number of hydrogen-bond acceptors (Lipinski definition) is 7. The second kappa shape index (κ2) is 14.8. The minimum Gasteiger partial charge on any atom is -0.406 e. The van der Waals surface area contributed by atoms with Crippen LogP contribution in [0.25, 0.3) is 0 Å². The molecule has 6 N–H and O–H groups in total. The Morgan fingerprint density at radius 1 is 0.905 bits per heavy atom. The summed E-state index contributed by atoms with van der Waals surface area (Å²) in [5.41, 5.74) is 8.13. The molecule has 0 saturated heterocycles. The van der Waals surface area contributed by atoms with E-state index in [1.807, 2.05) is 0 Å². The number of aliphatic hydroxyl groups is 2. The lowest BCUT2D eigenvalue weighted by Crippen LogP contribution is -2.53. The smallest absolute Gasteiger partial charge is 0.406 e. The topological polar surface area (TPSA) is 151 Å². The zero-order chi connectivity index (χ0) is 30.7. The third-order valence-electron chi connectivity index (χ3n) is 5.82. The van der Waals surface area contributed by atoms with Crippen molar-refractivity contribution in [2.24, 2.45) is 5.73 Å². The van der Waals surface area contributed by atoms with E-state index >= 15 is 0 Å². The maximum atomic E-state index is 12.3. The average molecular weight is 584 g/mol. The lowest BCUT2D eigenvalue weighted by Gasteiger charge is -2.19. The van der Waals surface area contributed by atoms with Crippen molar-refractivity contribution in [1.29, 1.82) is 0 Å². The van der Waals surface area contributed by atoms with E-state index in [1.54, 1.807) is 36.4 Å². The van der Waals surface area contributed by atoms with Gasteiger partial charge < -0.3 is 31.3 Å². The summed E-state index contributed by atoms with van der Waals surface area (Å²) in [5, 5.41) is 23.5. The van der Waals surface area contributed by atoms with Crippen LogP contribution in [0.2, 0.25) is 0 Å². The number of carbonyl (C=O) groups is 3. The van der Waals surface area contributed by atoms with Crippen molar-refractivity contribution in [3.63, 3.8) is 0 Å². The summed E-state index contributed by atoms with van der Waals surface area (Å²) < 4.78 is 40.6. The molecule has 2 atom stereocenters. The number of aryl methyl sites for hydroxylation is 1. The maximum absolute atomic E-state index is 12.3. The standard InChI is InChI=1S/C30H28F3N3O6/c31-30(32,33)42-24-16-10-19(11-17-24)2-1-3-26(39)35-23-14-8-21(9-15-23)5-4-20-6-12-22(13-7-20)29(41)36-27(28(34)40)25(38)18-37/h6-17,27-28,37,40H,1-3,18,34H2,(H,35,39)(H,36,41)/t27-,28+/m1/s1. The zero-order valence-corrected chi connectivity index (χ0v) is 22.1. The second-order valence-electron chi connectivity index (χ2n) is 9.06. The number of Topliss-reactive ketones (excluding diaryl/α,β-unsaturated/α-hetero) is 1. The highest BCUT2D eigenvalue weighted by Gasteiger charge is 2.31. The number of carbonyl (C=O) groups excluding carboxylic acids is 3. The fraction of sp³-hybridized carbons (Fsp3) is 0.233. The molecule has 3 rings (SSSR count). The molecule has 3 aromatic rings. The SMILES string of the molecule is N[C@@H](O)[C@H](NC(=O)c1ccc(C#Cc2ccc(NC(=O)CCCc3ccc(OC(F)(F)F)cc3)cc2)cc1)C(=O)CO. The van der Waals surface area contributed by atoms with Crippen LogP contribution in [0.5, 0.6) is 5.75 Å². The molecular weight excluding hydrogens is 555 g/mol. The van der Waals surface area contributed by atoms with E-state index in [-0.39, 0.29) is 23.6 Å². The first kappa shape index (κ1) is 31.8. The number of aliphatic hydroxyl groups excluding tert-OH is 2. The molecule has 0 bridgehead atoms. The Bertz CT molecular complexity index is 1430. The first-order chi connectivity index (χ1) is 19.9. The largest absolute Gasteiger partial charge is 0.573 e. The van der Waals surface area contributed by atoms with Gasteiger partial charge in [0.15, 0.2) is 5.78 Å². The first-order valence-electron chi connectivity index (χ1n) is 12.7. The summed E-state index contributed by atoms with van der Waals surface area (Å²) in [6, 6.07) is 17.1. The van der Waals surface area contributed by atoms with Gasteiger partial charge in [0.25, 0.3) is 5.91 Å². The minimum atomic E-state index is -4.74. The average Bonchev–Trinajstić information content (AvgIpc) is 2.95. The van der Waals surface area contributed by atoms with Crippen molar-refractivity contribution in [1.82, 2.24) is 5.32 Å². The molecule has 0 aromatic heterocycles. The number of anilines is 1. The molecule has 3 aromatic carbocycles. The van der Waals surface area contributed by atoms with Gasteiger partial charge in [-0.3, -0.25) is 14.4 Å². The van der Waals surface area contributed by atoms with Gasteiger partial charge in [-0.25, -0.2) is 0 Å². The monoisotopic (exact) mass is 583 g/mol. The number of hydrogen-bond donors (Lipinski definition) is 5. The molecule has 9 nitrogen and oxygen atoms in total. The predicted octanol–water partition coefficient (Wildman–Crippen LogP) is 2.88. The number of benzene rings is 3.